The number of aromatic nitrogens is 6. The minimum atomic E-state index is -1.08. The molecule has 0 bridgehead atoms. The van der Waals surface area contributed by atoms with E-state index in [1.54, 1.807) is 0 Å². The Morgan fingerprint density at radius 1 is 0.556 bits per heavy atom. The largest absolute Gasteiger partial charge is 0.550 e. The van der Waals surface area contributed by atoms with Crippen LogP contribution in [0.3, 0.4) is 0 Å². The summed E-state index contributed by atoms with van der Waals surface area (Å²) in [4.78, 5) is 26.7. The Balaban J connectivity index is -0.000000376. The van der Waals surface area contributed by atoms with E-state index in [0.29, 0.717) is 0 Å². The first kappa shape index (κ1) is 36.6. The highest BCUT2D eigenvalue weighted by Crippen LogP contribution is 1.80. The molecule has 0 atom stereocenters. The number of rotatable bonds is 3. The summed E-state index contributed by atoms with van der Waals surface area (Å²) in [5.74, 6) is -3.25. The van der Waals surface area contributed by atoms with Crippen LogP contribution in [0.4, 0.5) is 0 Å². The van der Waals surface area contributed by atoms with Gasteiger partial charge in [-0.05, 0) is 41.5 Å². The quantitative estimate of drug-likeness (QED) is 0.350. The Kier molecular flexibility index (Phi) is 23.2. The number of imidazole rings is 3. The zero-order valence-corrected chi connectivity index (χ0v) is 23.0. The van der Waals surface area contributed by atoms with Gasteiger partial charge in [0, 0.05) is 17.9 Å². The number of carbonyl (C=O) groups is 3. The second kappa shape index (κ2) is 22.8. The summed E-state index contributed by atoms with van der Waals surface area (Å²) in [6, 6.07) is 0. The number of aliphatic carboxylic acids is 3. The number of aryl methyl sites for hydroxylation is 6. The van der Waals surface area contributed by atoms with Crippen molar-refractivity contribution in [2.24, 2.45) is 21.1 Å². The van der Waals surface area contributed by atoms with E-state index in [1.165, 1.54) is 0 Å². The number of nitrogens with zero attached hydrogens (tertiary/aromatic N) is 6. The first-order valence-electron chi connectivity index (χ1n) is 11.2. The van der Waals surface area contributed by atoms with Crippen LogP contribution in [0.5, 0.6) is 0 Å². The van der Waals surface area contributed by atoms with Gasteiger partial charge in [0.15, 0.2) is 0 Å². The van der Waals surface area contributed by atoms with Gasteiger partial charge in [0.1, 0.15) is 37.2 Å². The lowest BCUT2D eigenvalue weighted by Crippen LogP contribution is -2.23. The van der Waals surface area contributed by atoms with Crippen molar-refractivity contribution in [3.8, 4) is 0 Å². The molecule has 3 aromatic rings. The van der Waals surface area contributed by atoms with Crippen molar-refractivity contribution < 1.29 is 43.4 Å². The van der Waals surface area contributed by atoms with Crippen LogP contribution < -0.4 is 29.0 Å². The molecular weight excluding hydrogens is 468 g/mol. The van der Waals surface area contributed by atoms with Gasteiger partial charge in [-0.1, -0.05) is 0 Å². The summed E-state index contributed by atoms with van der Waals surface area (Å²) < 4.78 is 12.5. The van der Waals surface area contributed by atoms with E-state index in [2.05, 4.69) is 72.0 Å². The van der Waals surface area contributed by atoms with E-state index in [0.717, 1.165) is 40.4 Å². The molecule has 0 fully saturated rings. The topological polar surface area (TPSA) is 147 Å². The Labute approximate surface area is 213 Å². The van der Waals surface area contributed by atoms with E-state index in [9.17, 15) is 0 Å². The molecule has 204 valence electrons. The molecule has 12 heteroatoms. The van der Waals surface area contributed by atoms with Crippen molar-refractivity contribution >= 4 is 17.9 Å². The zero-order chi connectivity index (χ0) is 28.7. The molecule has 0 spiro atoms. The first-order chi connectivity index (χ1) is 16.7. The predicted molar refractivity (Wildman–Crippen MR) is 126 cm³/mol. The molecule has 0 amide bonds. The van der Waals surface area contributed by atoms with Crippen molar-refractivity contribution in [3.05, 3.63) is 56.2 Å². The van der Waals surface area contributed by atoms with Gasteiger partial charge in [-0.2, -0.15) is 0 Å². The van der Waals surface area contributed by atoms with E-state index < -0.39 is 17.9 Å². The van der Waals surface area contributed by atoms with Crippen molar-refractivity contribution in [1.82, 2.24) is 13.7 Å². The van der Waals surface area contributed by atoms with Crippen LogP contribution in [0, 0.1) is 0 Å². The Hall–Kier alpha value is -3.96. The SMILES string of the molecule is CC(=O)[O-].CC(=O)[O-].CC(=O)[O-].CCn1cc[n+](C)c1.CCn1cc[n+](C)c1.CCn1cc[n+](C)c1. The van der Waals surface area contributed by atoms with Gasteiger partial charge >= 0.3 is 0 Å². The summed E-state index contributed by atoms with van der Waals surface area (Å²) in [5.41, 5.74) is 0. The first-order valence-corrected chi connectivity index (χ1v) is 11.2. The number of hydrogen-bond donors (Lipinski definition) is 0. The van der Waals surface area contributed by atoms with E-state index in [-0.39, 0.29) is 0 Å². The van der Waals surface area contributed by atoms with Gasteiger partial charge in [0.25, 0.3) is 0 Å². The van der Waals surface area contributed by atoms with Crippen LogP contribution in [0.15, 0.2) is 56.2 Å². The highest BCUT2D eigenvalue weighted by atomic mass is 16.4. The molecule has 0 aliphatic carbocycles. The third-order valence-corrected chi connectivity index (χ3v) is 3.57. The van der Waals surface area contributed by atoms with Crippen molar-refractivity contribution in [1.29, 1.82) is 0 Å². The molecule has 36 heavy (non-hydrogen) atoms. The Morgan fingerprint density at radius 3 is 0.778 bits per heavy atom. The molecule has 0 aromatic carbocycles. The highest BCUT2D eigenvalue weighted by molar-refractivity contribution is 5.60. The smallest absolute Gasteiger partial charge is 0.243 e. The fraction of sp³-hybridized carbons (Fsp3) is 0.500. The number of hydrogen-bond acceptors (Lipinski definition) is 6. The third-order valence-electron chi connectivity index (χ3n) is 3.57. The summed E-state index contributed by atoms with van der Waals surface area (Å²) >= 11 is 0. The normalized spacial score (nSPS) is 8.58. The molecule has 0 unspecified atom stereocenters. The van der Waals surface area contributed by atoms with Crippen LogP contribution in [-0.4, -0.2) is 31.6 Å². The average Bonchev–Trinajstić information content (AvgIpc) is 3.48. The molecule has 0 saturated heterocycles. The van der Waals surface area contributed by atoms with Gasteiger partial charge in [0.05, 0.1) is 40.8 Å². The van der Waals surface area contributed by atoms with Crippen LogP contribution in [-0.2, 0) is 55.2 Å². The number of carboxylic acids is 3. The maximum Gasteiger partial charge on any atom is 0.243 e. The van der Waals surface area contributed by atoms with Gasteiger partial charge in [-0.25, -0.2) is 27.4 Å². The van der Waals surface area contributed by atoms with Crippen molar-refractivity contribution in [2.75, 3.05) is 0 Å². The fourth-order valence-corrected chi connectivity index (χ4v) is 2.07. The van der Waals surface area contributed by atoms with Gasteiger partial charge < -0.3 is 29.7 Å². The van der Waals surface area contributed by atoms with Crippen molar-refractivity contribution in [3.63, 3.8) is 0 Å². The molecule has 3 aromatic heterocycles. The van der Waals surface area contributed by atoms with E-state index in [4.69, 9.17) is 29.7 Å². The van der Waals surface area contributed by atoms with Crippen molar-refractivity contribution in [2.45, 2.75) is 61.2 Å². The third kappa shape index (κ3) is 30.0. The molecular formula is C24H42N6O6. The van der Waals surface area contributed by atoms with Crippen LogP contribution in [0.1, 0.15) is 41.5 Å². The predicted octanol–water partition coefficient (Wildman–Crippen LogP) is -2.73. The minimum absolute atomic E-state index is 0.972. The van der Waals surface area contributed by atoms with Gasteiger partial charge in [-0.15, -0.1) is 0 Å². The molecule has 0 N–H and O–H groups in total. The average molecular weight is 511 g/mol. The summed E-state index contributed by atoms with van der Waals surface area (Å²) in [6.07, 6.45) is 18.4. The minimum Gasteiger partial charge on any atom is -0.550 e. The molecule has 3 rings (SSSR count). The lowest BCUT2D eigenvalue weighted by atomic mass is 10.7. The number of carboxylic acid groups (broad SMARTS) is 3. The zero-order valence-electron chi connectivity index (χ0n) is 23.0. The summed E-state index contributed by atoms with van der Waals surface area (Å²) in [7, 11) is 6.06. The maximum atomic E-state index is 8.89. The van der Waals surface area contributed by atoms with Gasteiger partial charge in [-0.3, -0.25) is 0 Å². The van der Waals surface area contributed by atoms with E-state index >= 15 is 0 Å². The van der Waals surface area contributed by atoms with Gasteiger partial charge in [0.2, 0.25) is 19.0 Å². The molecule has 12 nitrogen and oxygen atoms in total. The number of carbonyl (C=O) groups excluding carboxylic acids is 3. The Morgan fingerprint density at radius 2 is 0.722 bits per heavy atom. The van der Waals surface area contributed by atoms with Crippen LogP contribution in [0.2, 0.25) is 0 Å². The van der Waals surface area contributed by atoms with Crippen LogP contribution in [0.25, 0.3) is 0 Å². The lowest BCUT2D eigenvalue weighted by molar-refractivity contribution is -0.671. The lowest BCUT2D eigenvalue weighted by Gasteiger charge is -1.81. The second-order valence-electron chi connectivity index (χ2n) is 7.20. The maximum absolute atomic E-state index is 8.89. The highest BCUT2D eigenvalue weighted by Gasteiger charge is 1.93. The molecule has 0 aliphatic rings. The molecule has 0 saturated carbocycles. The van der Waals surface area contributed by atoms with E-state index in [1.807, 2.05) is 53.4 Å². The standard InChI is InChI=1S/3C6H11N2.3C2H4O2/c3*1-3-8-5-4-7(2)6-8;3*1-2(3)4/h3*4-6H,3H2,1-2H3;3*1H3,(H,3,4)/q3*+1;;;/p-3. The Bertz CT molecular complexity index is 841. The molecule has 0 aliphatic heterocycles. The molecule has 0 radical (unpaired) electrons. The summed E-state index contributed by atoms with van der Waals surface area (Å²) in [6.45, 7) is 12.5. The second-order valence-corrected chi connectivity index (χ2v) is 7.20. The molecule has 3 heterocycles. The van der Waals surface area contributed by atoms with Crippen LogP contribution >= 0.6 is 0 Å². The fourth-order valence-electron chi connectivity index (χ4n) is 2.07. The monoisotopic (exact) mass is 510 g/mol. The summed E-state index contributed by atoms with van der Waals surface area (Å²) in [5, 5.41) is 26.7.